The summed E-state index contributed by atoms with van der Waals surface area (Å²) in [7, 11) is 3.28. The summed E-state index contributed by atoms with van der Waals surface area (Å²) in [6.07, 6.45) is 2.90. The van der Waals surface area contributed by atoms with Gasteiger partial charge in [-0.2, -0.15) is 5.43 Å². The van der Waals surface area contributed by atoms with Crippen LogP contribution < -0.4 is 10.7 Å². The number of hydrazine groups is 1. The molecule has 1 aliphatic carbocycles. The van der Waals surface area contributed by atoms with Crippen molar-refractivity contribution in [1.29, 1.82) is 0 Å². The van der Waals surface area contributed by atoms with Crippen LogP contribution in [0.1, 0.15) is 90.7 Å². The van der Waals surface area contributed by atoms with Gasteiger partial charge in [0.25, 0.3) is 5.91 Å². The number of methoxy groups -OCH3 is 1. The molecule has 4 aromatic rings. The van der Waals surface area contributed by atoms with E-state index < -0.39 is 41.0 Å². The zero-order valence-corrected chi connectivity index (χ0v) is 37.4. The Morgan fingerprint density at radius 1 is 1.11 bits per heavy atom. The van der Waals surface area contributed by atoms with E-state index in [4.69, 9.17) is 14.5 Å². The zero-order valence-electron chi connectivity index (χ0n) is 37.4. The zero-order chi connectivity index (χ0) is 44.8. The Morgan fingerprint density at radius 2 is 1.85 bits per heavy atom. The van der Waals surface area contributed by atoms with Gasteiger partial charge in [0.05, 0.1) is 24.1 Å². The normalized spacial score (nSPS) is 23.7. The number of ether oxygens (including phenoxy) is 2. The summed E-state index contributed by atoms with van der Waals surface area (Å²) in [5, 5.41) is 28.2. The first-order chi connectivity index (χ1) is 29.4. The monoisotopic (exact) mass is 850 g/mol. The fourth-order valence-electron chi connectivity index (χ4n) is 9.35. The smallest absolute Gasteiger partial charge is 0.355 e. The number of pyridine rings is 1. The number of aliphatic hydroxyl groups is 1. The van der Waals surface area contributed by atoms with Gasteiger partial charge in [0.2, 0.25) is 17.5 Å². The van der Waals surface area contributed by atoms with Crippen LogP contribution >= 0.6 is 0 Å². The number of aryl methyl sites for hydroxylation is 1. The lowest BCUT2D eigenvalue weighted by atomic mass is 9.84. The molecule has 7 rings (SSSR count). The van der Waals surface area contributed by atoms with Crippen molar-refractivity contribution in [3.05, 3.63) is 71.5 Å². The highest BCUT2D eigenvalue weighted by Gasteiger charge is 2.47. The largest absolute Gasteiger partial charge is 0.508 e. The van der Waals surface area contributed by atoms with Gasteiger partial charge in [0.1, 0.15) is 17.8 Å². The van der Waals surface area contributed by atoms with Crippen LogP contribution in [0, 0.1) is 23.2 Å². The summed E-state index contributed by atoms with van der Waals surface area (Å²) in [6, 6.07) is 13.2. The average Bonchev–Trinajstić information content (AvgIpc) is 3.90. The van der Waals surface area contributed by atoms with Gasteiger partial charge in [-0.3, -0.25) is 24.4 Å². The second-order valence-electron chi connectivity index (χ2n) is 18.7. The third kappa shape index (κ3) is 8.82. The summed E-state index contributed by atoms with van der Waals surface area (Å²) in [5.74, 6) is -2.35. The number of carbonyl (C=O) groups excluding carboxylic acids is 4. The fraction of sp³-hybridized carbons (Fsp3) is 0.521. The van der Waals surface area contributed by atoms with E-state index in [9.17, 15) is 29.4 Å². The lowest BCUT2D eigenvalue weighted by Crippen LogP contribution is -2.67. The maximum atomic E-state index is 14.6. The van der Waals surface area contributed by atoms with Crippen molar-refractivity contribution < 1.29 is 38.9 Å². The number of hydrogen-bond acceptors (Lipinski definition) is 10. The van der Waals surface area contributed by atoms with E-state index in [1.807, 2.05) is 59.7 Å². The number of amides is 3. The molecule has 332 valence electrons. The molecule has 1 saturated heterocycles. The molecule has 6 atom stereocenters. The number of phenolic OH excluding ortho intramolecular Hbond substituents is 1. The van der Waals surface area contributed by atoms with Gasteiger partial charge in [0, 0.05) is 74.1 Å². The predicted molar refractivity (Wildman–Crippen MR) is 235 cm³/mol. The van der Waals surface area contributed by atoms with Crippen LogP contribution in [0.4, 0.5) is 0 Å². The molecule has 4 N–H and O–H groups in total. The molecule has 14 nitrogen and oxygen atoms in total. The standard InChI is InChI=1S/C48H62N6O8/c1-10-53-39-15-14-31-24-36(39)37(42(53)34-13-11-17-49-40(34)29(5)61-9)25-47(6,7)26-62-46(59)48(60)16-12-18-54(51-48)45(58)38(22-30-20-32(31)23-33(55)21-30)50-43(56)41(27(2)3)52(8)44(57)35-19-28(35)4/h11,13-15,17,20-21,23-24,27-29,35,38,41,51,55,60H,10,12,16,18-19,22,25-26H2,1-9H3,(H,50,56)/t28-,29-,35-,38-,41-,48-/m0/s1. The minimum absolute atomic E-state index is 0.0106. The van der Waals surface area contributed by atoms with Gasteiger partial charge in [-0.05, 0) is 104 Å². The summed E-state index contributed by atoms with van der Waals surface area (Å²) >= 11 is 0. The van der Waals surface area contributed by atoms with Crippen LogP contribution in [0.15, 0.2) is 54.7 Å². The third-order valence-corrected chi connectivity index (χ3v) is 12.9. The molecule has 0 spiro atoms. The van der Waals surface area contributed by atoms with Gasteiger partial charge in [0.15, 0.2) is 0 Å². The molecule has 14 heteroatoms. The van der Waals surface area contributed by atoms with E-state index in [0.717, 1.165) is 45.4 Å². The molecule has 2 fully saturated rings. The number of cyclic esters (lactones) is 1. The molecule has 2 aromatic carbocycles. The quantitative estimate of drug-likeness (QED) is 0.148. The van der Waals surface area contributed by atoms with Crippen molar-refractivity contribution in [2.45, 2.75) is 111 Å². The van der Waals surface area contributed by atoms with Gasteiger partial charge in [-0.1, -0.05) is 46.8 Å². The number of phenols is 1. The van der Waals surface area contributed by atoms with Crippen molar-refractivity contribution >= 4 is 34.6 Å². The topological polar surface area (TPSA) is 176 Å². The number of nitrogens with zero attached hydrogens (tertiary/aromatic N) is 4. The van der Waals surface area contributed by atoms with Crippen molar-refractivity contribution in [3.63, 3.8) is 0 Å². The van der Waals surface area contributed by atoms with Crippen LogP contribution in [0.2, 0.25) is 0 Å². The maximum absolute atomic E-state index is 14.6. The number of hydrogen-bond donors (Lipinski definition) is 4. The van der Waals surface area contributed by atoms with Gasteiger partial charge < -0.3 is 34.5 Å². The first-order valence-corrected chi connectivity index (χ1v) is 21.9. The molecule has 4 heterocycles. The number of aromatic hydroxyl groups is 1. The third-order valence-electron chi connectivity index (χ3n) is 12.9. The summed E-state index contributed by atoms with van der Waals surface area (Å²) in [4.78, 5) is 62.5. The Hall–Kier alpha value is -5.31. The molecule has 1 saturated carbocycles. The van der Waals surface area contributed by atoms with Crippen LogP contribution in [0.25, 0.3) is 33.3 Å². The molecule has 6 bridgehead atoms. The minimum atomic E-state index is -2.23. The highest BCUT2D eigenvalue weighted by molar-refractivity contribution is 5.96. The van der Waals surface area contributed by atoms with E-state index >= 15 is 0 Å². The van der Waals surface area contributed by atoms with Crippen LogP contribution in [0.3, 0.4) is 0 Å². The maximum Gasteiger partial charge on any atom is 0.355 e. The van der Waals surface area contributed by atoms with Crippen molar-refractivity contribution in [1.82, 2.24) is 30.2 Å². The molecular formula is C48H62N6O8. The second kappa shape index (κ2) is 17.5. The van der Waals surface area contributed by atoms with E-state index in [1.165, 1.54) is 9.91 Å². The highest BCUT2D eigenvalue weighted by atomic mass is 16.6. The number of aromatic nitrogens is 2. The Kier molecular flexibility index (Phi) is 12.6. The van der Waals surface area contributed by atoms with Gasteiger partial charge in [-0.25, -0.2) is 4.79 Å². The van der Waals surface area contributed by atoms with Crippen LogP contribution in [-0.4, -0.2) is 98.5 Å². The molecular weight excluding hydrogens is 789 g/mol. The molecule has 0 radical (unpaired) electrons. The highest BCUT2D eigenvalue weighted by Crippen LogP contribution is 2.43. The molecule has 62 heavy (non-hydrogen) atoms. The van der Waals surface area contributed by atoms with E-state index in [-0.39, 0.29) is 67.9 Å². The molecule has 2 aromatic heterocycles. The Bertz CT molecular complexity index is 2370. The van der Waals surface area contributed by atoms with E-state index in [2.05, 4.69) is 40.4 Å². The van der Waals surface area contributed by atoms with E-state index in [0.29, 0.717) is 24.1 Å². The first-order valence-electron chi connectivity index (χ1n) is 21.9. The Labute approximate surface area is 363 Å². The van der Waals surface area contributed by atoms with Gasteiger partial charge >= 0.3 is 5.97 Å². The number of fused-ring (bicyclic) bond motifs is 6. The Balaban J connectivity index is 1.37. The molecule has 2 aliphatic heterocycles. The lowest BCUT2D eigenvalue weighted by molar-refractivity contribution is -0.189. The number of rotatable bonds is 9. The number of benzene rings is 2. The fourth-order valence-corrected chi connectivity index (χ4v) is 9.35. The predicted octanol–water partition coefficient (Wildman–Crippen LogP) is 5.91. The number of likely N-dealkylation sites (N-methyl/N-ethyl adjacent to an activating group) is 1. The molecule has 0 unspecified atom stereocenters. The SMILES string of the molecule is CCn1c(-c2cccnc2[C@H](C)OC)c2c3cc(ccc31)-c1cc(O)cc(c1)C[C@H](NC(=O)[C@H](C(C)C)N(C)C(=O)[C@H]1C[C@@H]1C)C(=O)N1CCC[C@@](O)(N1)C(=O)OCC(C)(C)C2. The van der Waals surface area contributed by atoms with Crippen molar-refractivity contribution in [2.24, 2.45) is 23.2 Å². The van der Waals surface area contributed by atoms with E-state index in [1.54, 1.807) is 32.5 Å². The number of carbonyl (C=O) groups is 4. The van der Waals surface area contributed by atoms with Gasteiger partial charge in [-0.15, -0.1) is 0 Å². The summed E-state index contributed by atoms with van der Waals surface area (Å²) in [6.45, 7) is 14.5. The summed E-state index contributed by atoms with van der Waals surface area (Å²) < 4.78 is 14.0. The summed E-state index contributed by atoms with van der Waals surface area (Å²) in [5.41, 5.74) is 6.64. The van der Waals surface area contributed by atoms with Crippen LogP contribution in [-0.2, 0) is 48.0 Å². The van der Waals surface area contributed by atoms with Crippen molar-refractivity contribution in [2.75, 3.05) is 27.3 Å². The number of esters is 1. The molecule has 3 amide bonds. The minimum Gasteiger partial charge on any atom is -0.508 e. The Morgan fingerprint density at radius 3 is 2.53 bits per heavy atom. The second-order valence-corrected chi connectivity index (χ2v) is 18.7. The number of nitrogens with one attached hydrogen (secondary N) is 2. The van der Waals surface area contributed by atoms with Crippen molar-refractivity contribution in [3.8, 4) is 28.1 Å². The molecule has 3 aliphatic rings. The van der Waals surface area contributed by atoms with Crippen LogP contribution in [0.5, 0.6) is 5.75 Å². The first kappa shape index (κ1) is 44.7. The average molecular weight is 851 g/mol. The lowest BCUT2D eigenvalue weighted by Gasteiger charge is -2.40.